The predicted octanol–water partition coefficient (Wildman–Crippen LogP) is 6.09. The van der Waals surface area contributed by atoms with Crippen molar-refractivity contribution in [2.24, 2.45) is 17.8 Å². The molecule has 8 rings (SSSR count). The summed E-state index contributed by atoms with van der Waals surface area (Å²) in [5.74, 6) is -1.60. The van der Waals surface area contributed by atoms with Gasteiger partial charge in [0.1, 0.15) is 30.0 Å². The van der Waals surface area contributed by atoms with Crippen molar-refractivity contribution in [3.05, 3.63) is 89.0 Å². The fraction of sp³-hybridized carbons (Fsp3) is 0.583. The van der Waals surface area contributed by atoms with E-state index in [2.05, 4.69) is 17.5 Å². The Balaban J connectivity index is 0.986. The number of aliphatic hydroxyl groups excluding tert-OH is 1. The Morgan fingerprint density at radius 3 is 2.32 bits per heavy atom. The van der Waals surface area contributed by atoms with Gasteiger partial charge in [0.15, 0.2) is 5.79 Å². The van der Waals surface area contributed by atoms with Gasteiger partial charge in [0.2, 0.25) is 11.8 Å². The third-order valence-corrected chi connectivity index (χ3v) is 12.7. The molecule has 5 fully saturated rings. The maximum Gasteiger partial charge on any atom is 0.338 e. The van der Waals surface area contributed by atoms with Crippen LogP contribution in [0.4, 0.5) is 0 Å². The number of ether oxygens (including phenoxy) is 5. The third-order valence-electron chi connectivity index (χ3n) is 12.7. The molecule has 3 saturated carbocycles. The van der Waals surface area contributed by atoms with E-state index in [9.17, 15) is 24.3 Å². The van der Waals surface area contributed by atoms with Gasteiger partial charge in [-0.05, 0) is 107 Å². The summed E-state index contributed by atoms with van der Waals surface area (Å²) in [6, 6.07) is 15.0. The zero-order valence-corrected chi connectivity index (χ0v) is 35.3. The lowest BCUT2D eigenvalue weighted by Crippen LogP contribution is -2.53. The monoisotopic (exact) mass is 824 g/mol. The van der Waals surface area contributed by atoms with Crippen molar-refractivity contribution in [1.82, 2.24) is 10.2 Å². The Labute approximate surface area is 353 Å². The number of hydrogen-bond donors (Lipinski definition) is 2. The first-order valence-corrected chi connectivity index (χ1v) is 21.9. The molecule has 60 heavy (non-hydrogen) atoms. The molecule has 0 radical (unpaired) electrons. The second-order valence-electron chi connectivity index (χ2n) is 18.7. The van der Waals surface area contributed by atoms with Gasteiger partial charge in [-0.15, -0.1) is 0 Å². The van der Waals surface area contributed by atoms with E-state index >= 15 is 0 Å². The number of likely N-dealkylation sites (N-methyl/N-ethyl adjacent to an activating group) is 1. The molecule has 8 atom stereocenters. The maximum atomic E-state index is 14.6. The van der Waals surface area contributed by atoms with Crippen LogP contribution in [0.5, 0.6) is 0 Å². The number of hydrogen-bond acceptors (Lipinski definition) is 10. The molecule has 6 aliphatic rings. The minimum atomic E-state index is -0.975. The number of rotatable bonds is 16. The summed E-state index contributed by atoms with van der Waals surface area (Å²) in [5, 5.41) is 13.1. The van der Waals surface area contributed by atoms with E-state index in [1.807, 2.05) is 42.5 Å². The van der Waals surface area contributed by atoms with Gasteiger partial charge in [-0.1, -0.05) is 54.6 Å². The predicted molar refractivity (Wildman–Crippen MR) is 222 cm³/mol. The summed E-state index contributed by atoms with van der Waals surface area (Å²) >= 11 is 0. The van der Waals surface area contributed by atoms with Crippen LogP contribution < -0.4 is 5.32 Å². The highest BCUT2D eigenvalue weighted by molar-refractivity contribution is 5.97. The molecule has 4 aliphatic carbocycles. The largest absolute Gasteiger partial charge is 0.460 e. The highest BCUT2D eigenvalue weighted by Gasteiger charge is 2.64. The third kappa shape index (κ3) is 10.0. The molecule has 2 aromatic carbocycles. The van der Waals surface area contributed by atoms with Gasteiger partial charge in [0.25, 0.3) is 0 Å². The van der Waals surface area contributed by atoms with E-state index in [1.165, 1.54) is 4.90 Å². The molecule has 12 nitrogen and oxygen atoms in total. The zero-order chi connectivity index (χ0) is 42.2. The molecule has 0 aromatic heterocycles. The molecule has 0 bridgehead atoms. The smallest absolute Gasteiger partial charge is 0.338 e. The fourth-order valence-electron chi connectivity index (χ4n) is 9.15. The lowest BCUT2D eigenvalue weighted by atomic mass is 9.89. The Morgan fingerprint density at radius 1 is 0.950 bits per heavy atom. The quantitative estimate of drug-likeness (QED) is 0.150. The fourth-order valence-corrected chi connectivity index (χ4v) is 9.15. The topological polar surface area (TPSA) is 153 Å². The van der Waals surface area contributed by atoms with Gasteiger partial charge >= 0.3 is 11.9 Å². The number of carbonyl (C=O) groups is 4. The van der Waals surface area contributed by atoms with E-state index in [0.29, 0.717) is 29.3 Å². The maximum absolute atomic E-state index is 14.6. The van der Waals surface area contributed by atoms with Gasteiger partial charge in [-0.3, -0.25) is 14.4 Å². The van der Waals surface area contributed by atoms with Crippen LogP contribution in [0.25, 0.3) is 6.08 Å². The second kappa shape index (κ2) is 17.6. The van der Waals surface area contributed by atoms with Crippen LogP contribution in [0.15, 0.2) is 72.3 Å². The summed E-state index contributed by atoms with van der Waals surface area (Å²) < 4.78 is 31.0. The number of esters is 2. The van der Waals surface area contributed by atoms with Crippen molar-refractivity contribution >= 4 is 29.8 Å². The normalized spacial score (nSPS) is 27.8. The van der Waals surface area contributed by atoms with Crippen molar-refractivity contribution in [1.29, 1.82) is 0 Å². The van der Waals surface area contributed by atoms with Gasteiger partial charge in [-0.2, -0.15) is 0 Å². The molecule has 322 valence electrons. The molecule has 2 saturated heterocycles. The molecule has 2 aliphatic heterocycles. The standard InChI is InChI=1S/C48H60N2O10/c1-47(2,3)59-42(52)23-21-36(28-51)49-44(53)37(24-30-8-6-5-7-9-30)50(4)45(54)33-26-40(43-41(27-33)58-48(60-43,34-17-18-34)35-19-20-35)57-46(55)32-15-12-29(13-16-32)10-11-31-14-22-38-39(25-31)56-38/h5-13,15-16,27,31,34-41,43,51H,14,17-26,28H2,1-4H3,(H,49,53)/t31?,36-,37+,38?,39?,40+,41+,43-/m0/s1. The van der Waals surface area contributed by atoms with E-state index < -0.39 is 72.1 Å². The van der Waals surface area contributed by atoms with Crippen molar-refractivity contribution in [3.63, 3.8) is 0 Å². The number of allylic oxidation sites excluding steroid dienone is 1. The Hall–Kier alpha value is -4.36. The van der Waals surface area contributed by atoms with Crippen LogP contribution in [-0.4, -0.2) is 101 Å². The van der Waals surface area contributed by atoms with E-state index in [4.69, 9.17) is 23.7 Å². The van der Waals surface area contributed by atoms with Gasteiger partial charge in [0.05, 0.1) is 30.4 Å². The summed E-state index contributed by atoms with van der Waals surface area (Å²) in [5.41, 5.74) is 1.93. The first kappa shape index (κ1) is 42.3. The molecule has 2 N–H and O–H groups in total. The minimum Gasteiger partial charge on any atom is -0.460 e. The number of nitrogens with one attached hydrogen (secondary N) is 1. The number of benzene rings is 2. The first-order chi connectivity index (χ1) is 28.8. The summed E-state index contributed by atoms with van der Waals surface area (Å²) in [7, 11) is 1.59. The number of aliphatic hydroxyl groups is 1. The molecular weight excluding hydrogens is 765 g/mol. The lowest BCUT2D eigenvalue weighted by Gasteiger charge is -2.34. The van der Waals surface area contributed by atoms with Gasteiger partial charge in [-0.25, -0.2) is 4.79 Å². The van der Waals surface area contributed by atoms with Crippen LogP contribution in [0, 0.1) is 17.8 Å². The Morgan fingerprint density at radius 2 is 1.67 bits per heavy atom. The lowest BCUT2D eigenvalue weighted by molar-refractivity contribution is -0.209. The second-order valence-corrected chi connectivity index (χ2v) is 18.7. The van der Waals surface area contributed by atoms with E-state index in [-0.39, 0.29) is 37.5 Å². The molecule has 0 spiro atoms. The van der Waals surface area contributed by atoms with Gasteiger partial charge in [0, 0.05) is 43.7 Å². The number of amides is 2. The first-order valence-electron chi connectivity index (χ1n) is 21.9. The van der Waals surface area contributed by atoms with Crippen molar-refractivity contribution in [3.8, 4) is 0 Å². The van der Waals surface area contributed by atoms with E-state index in [0.717, 1.165) is 56.1 Å². The highest BCUT2D eigenvalue weighted by Crippen LogP contribution is 2.59. The van der Waals surface area contributed by atoms with Crippen molar-refractivity contribution in [2.45, 2.75) is 145 Å². The molecule has 3 unspecified atom stereocenters. The van der Waals surface area contributed by atoms with E-state index in [1.54, 1.807) is 46.0 Å². The highest BCUT2D eigenvalue weighted by atomic mass is 16.8. The molecule has 2 aromatic rings. The minimum absolute atomic E-state index is 0.000189. The van der Waals surface area contributed by atoms with Crippen LogP contribution in [0.1, 0.15) is 106 Å². The average Bonchev–Trinajstić information content (AvgIpc) is 4.10. The Bertz CT molecular complexity index is 1940. The van der Waals surface area contributed by atoms with Crippen LogP contribution in [-0.2, 0) is 44.5 Å². The SMILES string of the molecule is CN(C(=O)C1=C[C@H]2OC(C3CC3)(C3CC3)O[C@H]2[C@H](OC(=O)c2ccc(C=CC3CCC4OC4C3)cc2)C1)[C@H](Cc1ccccc1)C(=O)N[C@H](CO)CCC(=O)OC(C)(C)C. The van der Waals surface area contributed by atoms with Crippen LogP contribution in [0.3, 0.4) is 0 Å². The number of epoxide rings is 1. The summed E-state index contributed by atoms with van der Waals surface area (Å²) in [4.78, 5) is 56.4. The zero-order valence-electron chi connectivity index (χ0n) is 35.3. The number of carbonyl (C=O) groups excluding carboxylic acids is 4. The molecular formula is C48H60N2O10. The van der Waals surface area contributed by atoms with Crippen molar-refractivity contribution in [2.75, 3.05) is 13.7 Å². The number of nitrogens with zero attached hydrogens (tertiary/aromatic N) is 1. The van der Waals surface area contributed by atoms with Crippen LogP contribution in [0.2, 0.25) is 0 Å². The van der Waals surface area contributed by atoms with Crippen LogP contribution >= 0.6 is 0 Å². The van der Waals surface area contributed by atoms with Gasteiger partial charge < -0.3 is 39.0 Å². The number of fused-ring (bicyclic) bond motifs is 2. The molecule has 2 amide bonds. The van der Waals surface area contributed by atoms with Crippen molar-refractivity contribution < 1.29 is 48.0 Å². The Kier molecular flexibility index (Phi) is 12.4. The molecule has 12 heteroatoms. The average molecular weight is 825 g/mol. The summed E-state index contributed by atoms with van der Waals surface area (Å²) in [6.45, 7) is 4.94. The summed E-state index contributed by atoms with van der Waals surface area (Å²) in [6.07, 6.45) is 12.7. The molecule has 2 heterocycles.